The van der Waals surface area contributed by atoms with E-state index in [1.807, 2.05) is 0 Å². The summed E-state index contributed by atoms with van der Waals surface area (Å²) in [5.74, 6) is -0.323. The normalized spacial score (nSPS) is 10.7. The molecule has 0 amide bonds. The highest BCUT2D eigenvalue weighted by atomic mass is 35.5. The molecule has 0 N–H and O–H groups in total. The minimum Gasteiger partial charge on any atom is -0.462 e. The predicted octanol–water partition coefficient (Wildman–Crippen LogP) is 5.44. The van der Waals surface area contributed by atoms with Gasteiger partial charge in [-0.2, -0.15) is 0 Å². The molecule has 3 aromatic rings. The molecule has 0 fully saturated rings. The van der Waals surface area contributed by atoms with E-state index >= 15 is 0 Å². The summed E-state index contributed by atoms with van der Waals surface area (Å²) in [5, 5.41) is 0. The van der Waals surface area contributed by atoms with Crippen molar-refractivity contribution in [3.8, 4) is 22.1 Å². The highest BCUT2D eigenvalue weighted by Gasteiger charge is 2.24. The van der Waals surface area contributed by atoms with Crippen LogP contribution < -0.4 is 0 Å². The van der Waals surface area contributed by atoms with E-state index in [1.165, 1.54) is 23.5 Å². The van der Waals surface area contributed by atoms with Crippen molar-refractivity contribution in [2.45, 2.75) is 6.92 Å². The van der Waals surface area contributed by atoms with Gasteiger partial charge in [0.25, 0.3) is 0 Å². The van der Waals surface area contributed by atoms with Gasteiger partial charge in [0.2, 0.25) is 5.89 Å². The third kappa shape index (κ3) is 3.65. The molecule has 0 unspecified atom stereocenters. The maximum absolute atomic E-state index is 13.1. The topological polar surface area (TPSA) is 52.3 Å². The van der Waals surface area contributed by atoms with Gasteiger partial charge in [-0.15, -0.1) is 11.3 Å². The highest BCUT2D eigenvalue weighted by molar-refractivity contribution is 7.19. The van der Waals surface area contributed by atoms with E-state index in [-0.39, 0.29) is 29.6 Å². The molecule has 128 valence electrons. The number of carbonyl (C=O) groups is 1. The highest BCUT2D eigenvalue weighted by Crippen LogP contribution is 2.38. The largest absolute Gasteiger partial charge is 0.462 e. The third-order valence-corrected chi connectivity index (χ3v) is 4.55. The molecule has 25 heavy (non-hydrogen) atoms. The van der Waals surface area contributed by atoms with Gasteiger partial charge in [0.1, 0.15) is 11.5 Å². The smallest absolute Gasteiger partial charge is 0.339 e. The number of hydrogen-bond donors (Lipinski definition) is 0. The monoisotopic (exact) mass is 377 g/mol. The van der Waals surface area contributed by atoms with Crippen molar-refractivity contribution in [1.29, 1.82) is 0 Å². The fourth-order valence-electron chi connectivity index (χ4n) is 2.16. The lowest BCUT2D eigenvalue weighted by Gasteiger charge is -2.03. The number of thiophene rings is 1. The van der Waals surface area contributed by atoms with Gasteiger partial charge < -0.3 is 9.15 Å². The second-order valence-corrected chi connectivity index (χ2v) is 6.72. The van der Waals surface area contributed by atoms with E-state index in [9.17, 15) is 9.18 Å². The van der Waals surface area contributed by atoms with Gasteiger partial charge in [0.05, 0.1) is 21.4 Å². The summed E-state index contributed by atoms with van der Waals surface area (Å²) in [4.78, 5) is 17.1. The maximum Gasteiger partial charge on any atom is 0.339 e. The molecule has 0 bridgehead atoms. The Morgan fingerprint density at radius 1 is 1.32 bits per heavy atom. The molecular formula is C18H13ClFNO3S. The standard InChI is InChI=1S/C18H13ClFNO3S/c1-3-23-18(22)10(2)15-16(13-8-9-14(19)25-13)24-17(21-15)11-4-6-12(20)7-5-11/h4-9H,2-3H2,1H3. The Morgan fingerprint density at radius 3 is 2.64 bits per heavy atom. The van der Waals surface area contributed by atoms with E-state index in [0.29, 0.717) is 20.5 Å². The summed E-state index contributed by atoms with van der Waals surface area (Å²) < 4.78 is 24.5. The Labute approximate surface area is 152 Å². The van der Waals surface area contributed by atoms with Gasteiger partial charge in [0.15, 0.2) is 5.76 Å². The molecule has 2 aromatic heterocycles. The van der Waals surface area contributed by atoms with Gasteiger partial charge >= 0.3 is 5.97 Å². The molecule has 0 saturated carbocycles. The Hall–Kier alpha value is -2.44. The molecule has 0 aliphatic rings. The third-order valence-electron chi connectivity index (χ3n) is 3.32. The lowest BCUT2D eigenvalue weighted by Crippen LogP contribution is -2.06. The van der Waals surface area contributed by atoms with Gasteiger partial charge in [0, 0.05) is 5.56 Å². The molecule has 0 aliphatic heterocycles. The molecular weight excluding hydrogens is 365 g/mol. The summed E-state index contributed by atoms with van der Waals surface area (Å²) in [6.07, 6.45) is 0. The van der Waals surface area contributed by atoms with Gasteiger partial charge in [-0.25, -0.2) is 14.2 Å². The Balaban J connectivity index is 2.09. The first-order valence-corrected chi connectivity index (χ1v) is 8.58. The van der Waals surface area contributed by atoms with Crippen LogP contribution in [0.3, 0.4) is 0 Å². The number of ether oxygens (including phenoxy) is 1. The summed E-state index contributed by atoms with van der Waals surface area (Å²) >= 11 is 7.28. The first-order chi connectivity index (χ1) is 12.0. The average molecular weight is 378 g/mol. The van der Waals surface area contributed by atoms with Crippen molar-refractivity contribution in [1.82, 2.24) is 4.98 Å². The first kappa shape index (κ1) is 17.4. The Morgan fingerprint density at radius 2 is 2.04 bits per heavy atom. The second-order valence-electron chi connectivity index (χ2n) is 5.01. The van der Waals surface area contributed by atoms with Crippen molar-refractivity contribution >= 4 is 34.5 Å². The van der Waals surface area contributed by atoms with Gasteiger partial charge in [-0.05, 0) is 43.3 Å². The molecule has 0 spiro atoms. The van der Waals surface area contributed by atoms with Crippen LogP contribution in [0.1, 0.15) is 12.6 Å². The maximum atomic E-state index is 13.1. The number of hydrogen-bond acceptors (Lipinski definition) is 5. The Kier molecular flexibility index (Phi) is 5.01. The summed E-state index contributed by atoms with van der Waals surface area (Å²) in [7, 11) is 0. The quantitative estimate of drug-likeness (QED) is 0.439. The lowest BCUT2D eigenvalue weighted by atomic mass is 10.1. The van der Waals surface area contributed by atoms with E-state index in [1.54, 1.807) is 31.2 Å². The molecule has 3 rings (SSSR count). The summed E-state index contributed by atoms with van der Waals surface area (Å²) in [6, 6.07) is 9.19. The number of oxazole rings is 1. The Bertz CT molecular complexity index is 930. The molecule has 1 aromatic carbocycles. The van der Waals surface area contributed by atoms with E-state index in [4.69, 9.17) is 20.8 Å². The van der Waals surface area contributed by atoms with Crippen molar-refractivity contribution in [2.75, 3.05) is 6.61 Å². The summed E-state index contributed by atoms with van der Waals surface area (Å²) in [6.45, 7) is 5.70. The lowest BCUT2D eigenvalue weighted by molar-refractivity contribution is -0.136. The fourth-order valence-corrected chi connectivity index (χ4v) is 3.18. The molecule has 0 radical (unpaired) electrons. The zero-order chi connectivity index (χ0) is 18.0. The van der Waals surface area contributed by atoms with Gasteiger partial charge in [-0.1, -0.05) is 18.2 Å². The predicted molar refractivity (Wildman–Crippen MR) is 95.9 cm³/mol. The number of esters is 1. The van der Waals surface area contributed by atoms with Crippen LogP contribution >= 0.6 is 22.9 Å². The first-order valence-electron chi connectivity index (χ1n) is 7.38. The molecule has 7 heteroatoms. The molecule has 0 aliphatic carbocycles. The van der Waals surface area contributed by atoms with Crippen molar-refractivity contribution < 1.29 is 18.3 Å². The van der Waals surface area contributed by atoms with Crippen LogP contribution in [0.2, 0.25) is 4.34 Å². The minimum atomic E-state index is -0.578. The van der Waals surface area contributed by atoms with Crippen LogP contribution in [0.25, 0.3) is 27.7 Å². The number of rotatable bonds is 5. The zero-order valence-electron chi connectivity index (χ0n) is 13.2. The van der Waals surface area contributed by atoms with E-state index in [2.05, 4.69) is 11.6 Å². The summed E-state index contributed by atoms with van der Waals surface area (Å²) in [5.41, 5.74) is 0.933. The van der Waals surface area contributed by atoms with Crippen LogP contribution in [0, 0.1) is 5.82 Å². The fraction of sp³-hybridized carbons (Fsp3) is 0.111. The number of aromatic nitrogens is 1. The van der Waals surface area contributed by atoms with E-state index in [0.717, 1.165) is 0 Å². The average Bonchev–Trinajstić information content (AvgIpc) is 3.21. The number of nitrogens with zero attached hydrogens (tertiary/aromatic N) is 1. The van der Waals surface area contributed by atoms with Crippen molar-refractivity contribution in [3.63, 3.8) is 0 Å². The number of carbonyl (C=O) groups excluding carboxylic acids is 1. The van der Waals surface area contributed by atoms with Crippen LogP contribution in [0.5, 0.6) is 0 Å². The molecule has 4 nitrogen and oxygen atoms in total. The van der Waals surface area contributed by atoms with Crippen molar-refractivity contribution in [3.05, 3.63) is 58.8 Å². The van der Waals surface area contributed by atoms with Gasteiger partial charge in [-0.3, -0.25) is 0 Å². The van der Waals surface area contributed by atoms with Crippen molar-refractivity contribution in [2.24, 2.45) is 0 Å². The molecule has 0 saturated heterocycles. The zero-order valence-corrected chi connectivity index (χ0v) is 14.8. The SMILES string of the molecule is C=C(C(=O)OCC)c1nc(-c2ccc(F)cc2)oc1-c1ccc(Cl)s1. The molecule has 2 heterocycles. The van der Waals surface area contributed by atoms with Crippen LogP contribution in [-0.2, 0) is 9.53 Å². The van der Waals surface area contributed by atoms with Crippen LogP contribution in [-0.4, -0.2) is 17.6 Å². The molecule has 0 atom stereocenters. The number of halogens is 2. The van der Waals surface area contributed by atoms with E-state index < -0.39 is 5.97 Å². The van der Waals surface area contributed by atoms with Crippen LogP contribution in [0.15, 0.2) is 47.4 Å². The minimum absolute atomic E-state index is 0.0819. The second kappa shape index (κ2) is 7.21. The number of benzene rings is 1. The van der Waals surface area contributed by atoms with Crippen LogP contribution in [0.4, 0.5) is 4.39 Å².